The minimum absolute atomic E-state index is 0.0527. The number of halogens is 1. The van der Waals surface area contributed by atoms with Gasteiger partial charge in [0.2, 0.25) is 0 Å². The van der Waals surface area contributed by atoms with Crippen LogP contribution in [0.2, 0.25) is 0 Å². The van der Waals surface area contributed by atoms with Crippen LogP contribution in [0.3, 0.4) is 0 Å². The fourth-order valence-electron chi connectivity index (χ4n) is 2.02. The molecular formula is C14H16BrNOS. The summed E-state index contributed by atoms with van der Waals surface area (Å²) in [6.07, 6.45) is -0.581. The van der Waals surface area contributed by atoms with Crippen molar-refractivity contribution in [3.05, 3.63) is 56.2 Å². The third-order valence-electron chi connectivity index (χ3n) is 3.08. The van der Waals surface area contributed by atoms with E-state index in [-0.39, 0.29) is 5.92 Å². The first kappa shape index (κ1) is 13.7. The molecule has 0 saturated heterocycles. The lowest BCUT2D eigenvalue weighted by molar-refractivity contribution is 0.148. The molecule has 2 unspecified atom stereocenters. The molecule has 2 nitrogen and oxygen atoms in total. The highest BCUT2D eigenvalue weighted by Crippen LogP contribution is 2.36. The Morgan fingerprint density at radius 3 is 2.72 bits per heavy atom. The van der Waals surface area contributed by atoms with E-state index in [9.17, 15) is 5.11 Å². The van der Waals surface area contributed by atoms with E-state index in [4.69, 9.17) is 5.73 Å². The molecule has 1 heterocycles. The third-order valence-corrected chi connectivity index (χ3v) is 5.17. The van der Waals surface area contributed by atoms with E-state index in [1.165, 1.54) is 0 Å². The van der Waals surface area contributed by atoms with Crippen LogP contribution in [0.1, 0.15) is 28.0 Å². The Labute approximate surface area is 120 Å². The minimum Gasteiger partial charge on any atom is -0.388 e. The monoisotopic (exact) mass is 325 g/mol. The Bertz CT molecular complexity index is 513. The number of aliphatic hydroxyl groups is 1. The summed E-state index contributed by atoms with van der Waals surface area (Å²) in [5, 5.41) is 12.6. The molecular weight excluding hydrogens is 310 g/mol. The van der Waals surface area contributed by atoms with E-state index in [0.717, 1.165) is 20.5 Å². The lowest BCUT2D eigenvalue weighted by atomic mass is 9.93. The van der Waals surface area contributed by atoms with Crippen molar-refractivity contribution >= 4 is 27.3 Å². The number of rotatable bonds is 4. The molecule has 96 valence electrons. The SMILES string of the molecule is Cc1cccc(C(O)C(CN)c2cccs2)c1Br. The second-order valence-corrected chi connectivity index (χ2v) is 6.05. The maximum atomic E-state index is 10.6. The zero-order chi connectivity index (χ0) is 13.1. The maximum Gasteiger partial charge on any atom is 0.0889 e. The van der Waals surface area contributed by atoms with Gasteiger partial charge in [-0.25, -0.2) is 0 Å². The summed E-state index contributed by atoms with van der Waals surface area (Å²) in [7, 11) is 0. The first-order valence-corrected chi connectivity index (χ1v) is 7.49. The highest BCUT2D eigenvalue weighted by atomic mass is 79.9. The molecule has 0 radical (unpaired) electrons. The summed E-state index contributed by atoms with van der Waals surface area (Å²) < 4.78 is 0.965. The van der Waals surface area contributed by atoms with Crippen molar-refractivity contribution < 1.29 is 5.11 Å². The maximum absolute atomic E-state index is 10.6. The number of hydrogen-bond acceptors (Lipinski definition) is 3. The standard InChI is InChI=1S/C14H16BrNOS/c1-9-4-2-5-10(13(9)15)14(17)11(8-16)12-6-3-7-18-12/h2-7,11,14,17H,8,16H2,1H3. The van der Waals surface area contributed by atoms with E-state index in [1.807, 2.05) is 42.6 Å². The largest absolute Gasteiger partial charge is 0.388 e. The van der Waals surface area contributed by atoms with Gasteiger partial charge >= 0.3 is 0 Å². The van der Waals surface area contributed by atoms with E-state index in [0.29, 0.717) is 6.54 Å². The van der Waals surface area contributed by atoms with Crippen molar-refractivity contribution in [2.45, 2.75) is 18.9 Å². The smallest absolute Gasteiger partial charge is 0.0889 e. The summed E-state index contributed by atoms with van der Waals surface area (Å²) in [6, 6.07) is 9.93. The van der Waals surface area contributed by atoms with Crippen LogP contribution in [-0.2, 0) is 0 Å². The average Bonchev–Trinajstić information content (AvgIpc) is 2.87. The number of aliphatic hydroxyl groups excluding tert-OH is 1. The molecule has 3 N–H and O–H groups in total. The van der Waals surface area contributed by atoms with Gasteiger partial charge < -0.3 is 10.8 Å². The first-order chi connectivity index (χ1) is 8.65. The highest BCUT2D eigenvalue weighted by Gasteiger charge is 2.24. The lowest BCUT2D eigenvalue weighted by Gasteiger charge is -2.22. The second-order valence-electron chi connectivity index (χ2n) is 4.28. The molecule has 0 fully saturated rings. The summed E-state index contributed by atoms with van der Waals surface area (Å²) in [6.45, 7) is 2.45. The molecule has 2 rings (SSSR count). The Morgan fingerprint density at radius 1 is 1.33 bits per heavy atom. The van der Waals surface area contributed by atoms with Crippen LogP contribution in [-0.4, -0.2) is 11.7 Å². The van der Waals surface area contributed by atoms with Gasteiger partial charge in [-0.3, -0.25) is 0 Å². The molecule has 1 aromatic heterocycles. The highest BCUT2D eigenvalue weighted by molar-refractivity contribution is 9.10. The van der Waals surface area contributed by atoms with Gasteiger partial charge in [0, 0.05) is 21.8 Å². The summed E-state index contributed by atoms with van der Waals surface area (Å²) in [4.78, 5) is 1.12. The van der Waals surface area contributed by atoms with Gasteiger partial charge in [0.05, 0.1) is 6.10 Å². The molecule has 0 aliphatic rings. The zero-order valence-corrected chi connectivity index (χ0v) is 12.5. The van der Waals surface area contributed by atoms with E-state index >= 15 is 0 Å². The molecule has 0 bridgehead atoms. The summed E-state index contributed by atoms with van der Waals surface area (Å²) in [5.41, 5.74) is 7.84. The molecule has 2 aromatic rings. The van der Waals surface area contributed by atoms with Crippen molar-refractivity contribution in [1.29, 1.82) is 0 Å². The normalized spacial score (nSPS) is 14.4. The number of hydrogen-bond donors (Lipinski definition) is 2. The molecule has 18 heavy (non-hydrogen) atoms. The molecule has 0 saturated carbocycles. The summed E-state index contributed by atoms with van der Waals surface area (Å²) >= 11 is 5.18. The Hall–Kier alpha value is -0.680. The molecule has 0 spiro atoms. The van der Waals surface area contributed by atoms with Crippen LogP contribution in [0, 0.1) is 6.92 Å². The van der Waals surface area contributed by atoms with Gasteiger partial charge in [-0.05, 0) is 29.5 Å². The van der Waals surface area contributed by atoms with Crippen LogP contribution in [0.4, 0.5) is 0 Å². The predicted molar refractivity (Wildman–Crippen MR) is 80.0 cm³/mol. The van der Waals surface area contributed by atoms with Crippen LogP contribution >= 0.6 is 27.3 Å². The number of thiophene rings is 1. The Balaban J connectivity index is 2.35. The second kappa shape index (κ2) is 5.97. The van der Waals surface area contributed by atoms with Gasteiger partial charge in [-0.15, -0.1) is 11.3 Å². The molecule has 4 heteroatoms. The summed E-state index contributed by atoms with van der Waals surface area (Å²) in [5.74, 6) is -0.0527. The van der Waals surface area contributed by atoms with Crippen molar-refractivity contribution in [2.24, 2.45) is 5.73 Å². The van der Waals surface area contributed by atoms with Gasteiger partial charge in [-0.1, -0.05) is 40.2 Å². The minimum atomic E-state index is -0.581. The first-order valence-electron chi connectivity index (χ1n) is 5.81. The molecule has 0 aliphatic carbocycles. The molecule has 2 atom stereocenters. The zero-order valence-electron chi connectivity index (χ0n) is 10.1. The van der Waals surface area contributed by atoms with Crippen LogP contribution < -0.4 is 5.73 Å². The molecule has 1 aromatic carbocycles. The van der Waals surface area contributed by atoms with E-state index in [2.05, 4.69) is 15.9 Å². The van der Waals surface area contributed by atoms with Crippen LogP contribution in [0.25, 0.3) is 0 Å². The fourth-order valence-corrected chi connectivity index (χ4v) is 3.39. The van der Waals surface area contributed by atoms with Crippen molar-refractivity contribution in [3.8, 4) is 0 Å². The van der Waals surface area contributed by atoms with Crippen molar-refractivity contribution in [3.63, 3.8) is 0 Å². The quantitative estimate of drug-likeness (QED) is 0.902. The predicted octanol–water partition coefficient (Wildman–Crippen LogP) is 3.59. The van der Waals surface area contributed by atoms with E-state index in [1.54, 1.807) is 11.3 Å². The van der Waals surface area contributed by atoms with Crippen LogP contribution in [0.15, 0.2) is 40.2 Å². The van der Waals surface area contributed by atoms with Crippen LogP contribution in [0.5, 0.6) is 0 Å². The third kappa shape index (κ3) is 2.67. The topological polar surface area (TPSA) is 46.2 Å². The van der Waals surface area contributed by atoms with Gasteiger partial charge in [0.15, 0.2) is 0 Å². The molecule has 0 aliphatic heterocycles. The average molecular weight is 326 g/mol. The van der Waals surface area contributed by atoms with Crippen molar-refractivity contribution in [1.82, 2.24) is 0 Å². The van der Waals surface area contributed by atoms with Gasteiger partial charge in [0.25, 0.3) is 0 Å². The number of nitrogens with two attached hydrogens (primary N) is 1. The fraction of sp³-hybridized carbons (Fsp3) is 0.286. The number of benzene rings is 1. The number of aryl methyl sites for hydroxylation is 1. The Kier molecular flexibility index (Phi) is 4.56. The van der Waals surface area contributed by atoms with Gasteiger partial charge in [0.1, 0.15) is 0 Å². The Morgan fingerprint density at radius 2 is 2.11 bits per heavy atom. The van der Waals surface area contributed by atoms with Gasteiger partial charge in [-0.2, -0.15) is 0 Å². The molecule has 0 amide bonds. The van der Waals surface area contributed by atoms with Crippen molar-refractivity contribution in [2.75, 3.05) is 6.54 Å². The lowest BCUT2D eigenvalue weighted by Crippen LogP contribution is -2.19. The van der Waals surface area contributed by atoms with E-state index < -0.39 is 6.10 Å².